The van der Waals surface area contributed by atoms with E-state index in [2.05, 4.69) is 0 Å². The Labute approximate surface area is 157 Å². The van der Waals surface area contributed by atoms with Gasteiger partial charge in [-0.25, -0.2) is 4.79 Å². The molecular weight excluding hydrogens is 372 g/mol. The van der Waals surface area contributed by atoms with Gasteiger partial charge in [0.2, 0.25) is 5.43 Å². The number of phenols is 1. The summed E-state index contributed by atoms with van der Waals surface area (Å²) < 4.78 is 15.5. The molecular formula is C19H16O7S. The predicted octanol–water partition coefficient (Wildman–Crippen LogP) is 3.22. The zero-order chi connectivity index (χ0) is 19.7. The van der Waals surface area contributed by atoms with Gasteiger partial charge < -0.3 is 19.0 Å². The highest BCUT2D eigenvalue weighted by atomic mass is 32.2. The van der Waals surface area contributed by atoms with Crippen molar-refractivity contribution in [1.29, 1.82) is 0 Å². The normalized spacial score (nSPS) is 10.9. The van der Waals surface area contributed by atoms with Gasteiger partial charge in [0.15, 0.2) is 0 Å². The molecule has 1 heterocycles. The summed E-state index contributed by atoms with van der Waals surface area (Å²) in [4.78, 5) is 36.9. The van der Waals surface area contributed by atoms with Gasteiger partial charge >= 0.3 is 11.9 Å². The summed E-state index contributed by atoms with van der Waals surface area (Å²) in [5, 5.41) is 10.3. The molecule has 2 aromatic carbocycles. The molecule has 3 aromatic rings. The number of hydrogen-bond donors (Lipinski definition) is 1. The maximum atomic E-state index is 13.1. The first-order valence-electron chi connectivity index (χ1n) is 7.88. The lowest BCUT2D eigenvalue weighted by molar-refractivity contribution is -0.142. The largest absolute Gasteiger partial charge is 0.507 e. The van der Waals surface area contributed by atoms with Gasteiger partial charge in [-0.1, -0.05) is 0 Å². The Hall–Kier alpha value is -3.00. The minimum absolute atomic E-state index is 0.0456. The number of aromatic hydroxyl groups is 1. The maximum absolute atomic E-state index is 13.1. The zero-order valence-corrected chi connectivity index (χ0v) is 15.6. The second-order valence-electron chi connectivity index (χ2n) is 5.71. The molecule has 0 amide bonds. The fourth-order valence-corrected chi connectivity index (χ4v) is 3.42. The van der Waals surface area contributed by atoms with Gasteiger partial charge in [0.05, 0.1) is 18.1 Å². The molecule has 0 fully saturated rings. The van der Waals surface area contributed by atoms with Crippen LogP contribution in [0.3, 0.4) is 0 Å². The van der Waals surface area contributed by atoms with Gasteiger partial charge in [-0.3, -0.25) is 9.59 Å². The molecule has 140 valence electrons. The van der Waals surface area contributed by atoms with Crippen molar-refractivity contribution in [3.8, 4) is 5.75 Å². The summed E-state index contributed by atoms with van der Waals surface area (Å²) in [7, 11) is 1.23. The Bertz CT molecular complexity index is 1130. The molecule has 0 spiro atoms. The summed E-state index contributed by atoms with van der Waals surface area (Å²) >= 11 is 1.29. The number of rotatable bonds is 4. The number of carbonyl (C=O) groups excluding carboxylic acids is 2. The lowest BCUT2D eigenvalue weighted by Crippen LogP contribution is -2.12. The van der Waals surface area contributed by atoms with E-state index in [9.17, 15) is 19.5 Å². The van der Waals surface area contributed by atoms with Gasteiger partial charge in [0, 0.05) is 11.8 Å². The van der Waals surface area contributed by atoms with E-state index in [0.717, 1.165) is 0 Å². The summed E-state index contributed by atoms with van der Waals surface area (Å²) in [6.45, 7) is 1.20. The Kier molecular flexibility index (Phi) is 5.09. The van der Waals surface area contributed by atoms with Crippen molar-refractivity contribution >= 4 is 45.6 Å². The number of methoxy groups -OCH3 is 1. The van der Waals surface area contributed by atoms with Crippen molar-refractivity contribution in [2.75, 3.05) is 13.4 Å². The number of carbonyl (C=O) groups is 2. The van der Waals surface area contributed by atoms with E-state index in [1.165, 1.54) is 37.9 Å². The molecule has 0 saturated heterocycles. The molecule has 0 aliphatic carbocycles. The van der Waals surface area contributed by atoms with Crippen LogP contribution in [0.4, 0.5) is 0 Å². The number of esters is 2. The first-order chi connectivity index (χ1) is 12.9. The molecule has 0 aliphatic heterocycles. The van der Waals surface area contributed by atoms with Crippen LogP contribution < -0.4 is 5.43 Å². The quantitative estimate of drug-likeness (QED) is 0.413. The highest BCUT2D eigenvalue weighted by molar-refractivity contribution is 7.98. The number of hydrogen-bond acceptors (Lipinski definition) is 8. The second-order valence-corrected chi connectivity index (χ2v) is 6.56. The molecule has 8 heteroatoms. The predicted molar refractivity (Wildman–Crippen MR) is 100 cm³/mol. The van der Waals surface area contributed by atoms with Crippen LogP contribution in [0.25, 0.3) is 21.9 Å². The average molecular weight is 388 g/mol. The van der Waals surface area contributed by atoms with Crippen molar-refractivity contribution in [3.63, 3.8) is 0 Å². The van der Waals surface area contributed by atoms with Crippen molar-refractivity contribution in [1.82, 2.24) is 0 Å². The smallest absolute Gasteiger partial charge is 0.339 e. The molecule has 1 N–H and O–H groups in total. The molecule has 0 atom stereocenters. The van der Waals surface area contributed by atoms with Crippen molar-refractivity contribution in [2.24, 2.45) is 0 Å². The van der Waals surface area contributed by atoms with E-state index in [0.29, 0.717) is 10.5 Å². The molecule has 0 bridgehead atoms. The Morgan fingerprint density at radius 3 is 2.56 bits per heavy atom. The van der Waals surface area contributed by atoms with Crippen LogP contribution in [0.5, 0.6) is 5.75 Å². The van der Waals surface area contributed by atoms with E-state index < -0.39 is 17.4 Å². The first-order valence-corrected chi connectivity index (χ1v) is 9.11. The van der Waals surface area contributed by atoms with Crippen LogP contribution >= 0.6 is 11.8 Å². The maximum Gasteiger partial charge on any atom is 0.339 e. The topological polar surface area (TPSA) is 103 Å². The first kappa shape index (κ1) is 18.8. The number of phenolic OH excluding ortho intramolecular Hbond substituents is 1. The lowest BCUT2D eigenvalue weighted by Gasteiger charge is -2.11. The van der Waals surface area contributed by atoms with Gasteiger partial charge in [0.1, 0.15) is 28.9 Å². The Morgan fingerprint density at radius 2 is 1.93 bits per heavy atom. The van der Waals surface area contributed by atoms with E-state index in [-0.39, 0.29) is 39.9 Å². The van der Waals surface area contributed by atoms with Crippen LogP contribution in [-0.2, 0) is 20.9 Å². The fraction of sp³-hybridized carbons (Fsp3) is 0.211. The average Bonchev–Trinajstić information content (AvgIpc) is 2.64. The molecule has 3 rings (SSSR count). The van der Waals surface area contributed by atoms with E-state index in [1.807, 2.05) is 0 Å². The minimum Gasteiger partial charge on any atom is -0.507 e. The van der Waals surface area contributed by atoms with Crippen LogP contribution in [0.2, 0.25) is 0 Å². The summed E-state index contributed by atoms with van der Waals surface area (Å²) in [5.41, 5.74) is 0.337. The SMILES string of the molecule is COC(=O)c1c(SC)ccc2oc3cc(COC(C)=O)cc(O)c3c(=O)c12. The van der Waals surface area contributed by atoms with Crippen LogP contribution in [-0.4, -0.2) is 30.4 Å². The third kappa shape index (κ3) is 3.35. The van der Waals surface area contributed by atoms with Gasteiger partial charge in [0.25, 0.3) is 0 Å². The Balaban J connectivity index is 2.35. The van der Waals surface area contributed by atoms with Crippen LogP contribution in [0.15, 0.2) is 38.4 Å². The van der Waals surface area contributed by atoms with Crippen LogP contribution in [0, 0.1) is 0 Å². The summed E-state index contributed by atoms with van der Waals surface area (Å²) in [6.07, 6.45) is 1.77. The lowest BCUT2D eigenvalue weighted by atomic mass is 10.0. The standard InChI is InChI=1S/C19H16O7S/c1-9(20)25-8-10-6-11(21)15-13(7-10)26-12-4-5-14(27-3)17(19(23)24-2)16(12)18(15)22/h4-7,21H,8H2,1-3H3. The third-order valence-electron chi connectivity index (χ3n) is 4.00. The van der Waals surface area contributed by atoms with Gasteiger partial charge in [-0.2, -0.15) is 0 Å². The van der Waals surface area contributed by atoms with Crippen molar-refractivity contribution in [3.05, 3.63) is 45.6 Å². The monoisotopic (exact) mass is 388 g/mol. The van der Waals surface area contributed by atoms with E-state index >= 15 is 0 Å². The van der Waals surface area contributed by atoms with Crippen LogP contribution in [0.1, 0.15) is 22.8 Å². The third-order valence-corrected chi connectivity index (χ3v) is 4.78. The van der Waals surface area contributed by atoms with E-state index in [1.54, 1.807) is 18.4 Å². The van der Waals surface area contributed by atoms with E-state index in [4.69, 9.17) is 13.9 Å². The molecule has 1 aromatic heterocycles. The minimum atomic E-state index is -0.664. The number of thioether (sulfide) groups is 1. The molecule has 7 nitrogen and oxygen atoms in total. The summed E-state index contributed by atoms with van der Waals surface area (Å²) in [6, 6.07) is 6.09. The van der Waals surface area contributed by atoms with Crippen molar-refractivity contribution in [2.45, 2.75) is 18.4 Å². The highest BCUT2D eigenvalue weighted by Crippen LogP contribution is 2.32. The van der Waals surface area contributed by atoms with Gasteiger partial charge in [-0.15, -0.1) is 11.8 Å². The molecule has 0 saturated carbocycles. The molecule has 0 aliphatic rings. The number of fused-ring (bicyclic) bond motifs is 2. The molecule has 0 radical (unpaired) electrons. The van der Waals surface area contributed by atoms with Gasteiger partial charge in [-0.05, 0) is 36.1 Å². The Morgan fingerprint density at radius 1 is 1.19 bits per heavy atom. The highest BCUT2D eigenvalue weighted by Gasteiger charge is 2.22. The second kappa shape index (κ2) is 7.32. The molecule has 0 unspecified atom stereocenters. The van der Waals surface area contributed by atoms with Crippen molar-refractivity contribution < 1.29 is 28.6 Å². The zero-order valence-electron chi connectivity index (χ0n) is 14.8. The summed E-state index contributed by atoms with van der Waals surface area (Å²) in [5.74, 6) is -1.46. The number of ether oxygens (including phenoxy) is 2. The number of benzene rings is 2. The fourth-order valence-electron chi connectivity index (χ4n) is 2.83. The molecule has 27 heavy (non-hydrogen) atoms.